The van der Waals surface area contributed by atoms with Gasteiger partial charge in [-0.1, -0.05) is 0 Å². The number of hydrogen-bond acceptors (Lipinski definition) is 2. The topological polar surface area (TPSA) is 54.3 Å². The predicted octanol–water partition coefficient (Wildman–Crippen LogP) is 1.65. The minimum absolute atomic E-state index is 0.0474. The molecule has 1 aliphatic rings. The number of rotatable bonds is 0. The van der Waals surface area contributed by atoms with Crippen molar-refractivity contribution in [3.05, 3.63) is 30.0 Å². The van der Waals surface area contributed by atoms with E-state index in [2.05, 4.69) is 12.2 Å². The van der Waals surface area contributed by atoms with E-state index in [9.17, 15) is 9.90 Å². The monoisotopic (exact) mass is 216 g/mol. The first kappa shape index (κ1) is 9.27. The van der Waals surface area contributed by atoms with Crippen molar-refractivity contribution in [2.45, 2.75) is 13.0 Å². The van der Waals surface area contributed by atoms with Gasteiger partial charge in [0.2, 0.25) is 0 Å². The molecule has 2 heterocycles. The van der Waals surface area contributed by atoms with Crippen LogP contribution in [-0.4, -0.2) is 22.1 Å². The lowest BCUT2D eigenvalue weighted by molar-refractivity contribution is 0.0919. The van der Waals surface area contributed by atoms with Crippen LogP contribution in [0.2, 0.25) is 0 Å². The van der Waals surface area contributed by atoms with Crippen molar-refractivity contribution in [3.63, 3.8) is 0 Å². The molecule has 0 fully saturated rings. The molecule has 0 spiro atoms. The normalized spacial score (nSPS) is 19.6. The van der Waals surface area contributed by atoms with E-state index in [-0.39, 0.29) is 17.7 Å². The van der Waals surface area contributed by atoms with Gasteiger partial charge in [-0.2, -0.15) is 0 Å². The fourth-order valence-electron chi connectivity index (χ4n) is 2.30. The van der Waals surface area contributed by atoms with Crippen LogP contribution in [-0.2, 0) is 0 Å². The first-order valence-electron chi connectivity index (χ1n) is 5.29. The smallest absolute Gasteiger partial charge is 0.268 e. The molecule has 82 valence electrons. The third-order valence-electron chi connectivity index (χ3n) is 3.05. The Morgan fingerprint density at radius 3 is 3.06 bits per heavy atom. The largest absolute Gasteiger partial charge is 0.508 e. The highest BCUT2D eigenvalue weighted by Crippen LogP contribution is 2.28. The summed E-state index contributed by atoms with van der Waals surface area (Å²) in [5.41, 5.74) is 1.66. The average Bonchev–Trinajstić information content (AvgIpc) is 2.63. The van der Waals surface area contributed by atoms with Gasteiger partial charge >= 0.3 is 0 Å². The summed E-state index contributed by atoms with van der Waals surface area (Å²) in [5.74, 6) is 0.178. The third-order valence-corrected chi connectivity index (χ3v) is 3.05. The molecule has 16 heavy (non-hydrogen) atoms. The van der Waals surface area contributed by atoms with E-state index in [1.165, 1.54) is 0 Å². The molecule has 0 saturated carbocycles. The first-order valence-corrected chi connectivity index (χ1v) is 5.29. The number of aromatic nitrogens is 1. The Morgan fingerprint density at radius 1 is 1.44 bits per heavy atom. The number of amides is 1. The number of aromatic hydroxyl groups is 1. The Labute approximate surface area is 92.5 Å². The maximum Gasteiger partial charge on any atom is 0.268 e. The zero-order valence-electron chi connectivity index (χ0n) is 8.90. The van der Waals surface area contributed by atoms with Crippen LogP contribution in [0.1, 0.15) is 23.5 Å². The molecular formula is C12H12N2O2. The van der Waals surface area contributed by atoms with E-state index >= 15 is 0 Å². The zero-order chi connectivity index (χ0) is 11.3. The Kier molecular flexibility index (Phi) is 1.74. The predicted molar refractivity (Wildman–Crippen MR) is 60.6 cm³/mol. The van der Waals surface area contributed by atoms with Gasteiger partial charge in [0, 0.05) is 23.5 Å². The lowest BCUT2D eigenvalue weighted by Crippen LogP contribution is -2.37. The molecule has 1 aliphatic heterocycles. The second-order valence-corrected chi connectivity index (χ2v) is 4.20. The number of hydrogen-bond donors (Lipinski definition) is 2. The Hall–Kier alpha value is -1.97. The summed E-state index contributed by atoms with van der Waals surface area (Å²) < 4.78 is 2.02. The van der Waals surface area contributed by atoms with Gasteiger partial charge in [0.1, 0.15) is 11.4 Å². The van der Waals surface area contributed by atoms with Crippen LogP contribution in [0.3, 0.4) is 0 Å². The number of carbonyl (C=O) groups is 1. The van der Waals surface area contributed by atoms with Gasteiger partial charge in [0.15, 0.2) is 0 Å². The maximum absolute atomic E-state index is 11.7. The lowest BCUT2D eigenvalue weighted by Gasteiger charge is -2.23. The van der Waals surface area contributed by atoms with Crippen LogP contribution in [0.5, 0.6) is 5.75 Å². The van der Waals surface area contributed by atoms with Crippen molar-refractivity contribution >= 4 is 16.8 Å². The number of carbonyl (C=O) groups excluding carboxylic acids is 1. The van der Waals surface area contributed by atoms with Crippen molar-refractivity contribution in [3.8, 4) is 5.75 Å². The van der Waals surface area contributed by atoms with Gasteiger partial charge in [-0.15, -0.1) is 0 Å². The van der Waals surface area contributed by atoms with Crippen LogP contribution in [0.4, 0.5) is 0 Å². The summed E-state index contributed by atoms with van der Waals surface area (Å²) in [6.07, 6.45) is 0. The molecule has 1 amide bonds. The van der Waals surface area contributed by atoms with Gasteiger partial charge in [0.05, 0.1) is 0 Å². The molecule has 1 aromatic carbocycles. The van der Waals surface area contributed by atoms with Gasteiger partial charge in [-0.05, 0) is 31.2 Å². The van der Waals surface area contributed by atoms with Gasteiger partial charge < -0.3 is 15.0 Å². The van der Waals surface area contributed by atoms with E-state index in [0.717, 1.165) is 10.9 Å². The molecule has 0 unspecified atom stereocenters. The van der Waals surface area contributed by atoms with Gasteiger partial charge in [0.25, 0.3) is 5.91 Å². The van der Waals surface area contributed by atoms with Crippen molar-refractivity contribution in [2.75, 3.05) is 6.54 Å². The molecule has 4 nitrogen and oxygen atoms in total. The second kappa shape index (κ2) is 3.01. The average molecular weight is 216 g/mol. The molecule has 1 atom stereocenters. The van der Waals surface area contributed by atoms with E-state index in [0.29, 0.717) is 12.2 Å². The Balaban J connectivity index is 2.36. The lowest BCUT2D eigenvalue weighted by atomic mass is 10.2. The maximum atomic E-state index is 11.7. The second-order valence-electron chi connectivity index (χ2n) is 4.20. The molecule has 0 aliphatic carbocycles. The molecule has 3 rings (SSSR count). The Morgan fingerprint density at radius 2 is 2.25 bits per heavy atom. The standard InChI is InChI=1S/C12H12N2O2/c1-7-6-13-12(16)11-5-8-4-9(15)2-3-10(8)14(7)11/h2-5,7,15H,6H2,1H3,(H,13,16)/t7-/m1/s1. The third kappa shape index (κ3) is 1.13. The summed E-state index contributed by atoms with van der Waals surface area (Å²) in [6, 6.07) is 7.24. The van der Waals surface area contributed by atoms with Crippen LogP contribution in [0.25, 0.3) is 10.9 Å². The van der Waals surface area contributed by atoms with Crippen molar-refractivity contribution in [1.29, 1.82) is 0 Å². The molecular weight excluding hydrogens is 204 g/mol. The van der Waals surface area contributed by atoms with Crippen LogP contribution >= 0.6 is 0 Å². The van der Waals surface area contributed by atoms with Gasteiger partial charge in [-0.25, -0.2) is 0 Å². The molecule has 2 N–H and O–H groups in total. The summed E-state index contributed by atoms with van der Waals surface area (Å²) in [4.78, 5) is 11.7. The molecule has 4 heteroatoms. The number of fused-ring (bicyclic) bond motifs is 3. The number of phenols is 1. The Bertz CT molecular complexity index is 586. The summed E-state index contributed by atoms with van der Waals surface area (Å²) in [6.45, 7) is 2.71. The fraction of sp³-hybridized carbons (Fsp3) is 0.250. The molecule has 0 saturated heterocycles. The number of nitrogens with one attached hydrogen (secondary N) is 1. The number of phenolic OH excluding ortho intramolecular Hbond substituents is 1. The number of benzene rings is 1. The minimum Gasteiger partial charge on any atom is -0.508 e. The highest BCUT2D eigenvalue weighted by Gasteiger charge is 2.24. The van der Waals surface area contributed by atoms with Gasteiger partial charge in [-0.3, -0.25) is 4.79 Å². The van der Waals surface area contributed by atoms with Crippen LogP contribution < -0.4 is 5.32 Å². The van der Waals surface area contributed by atoms with Crippen molar-refractivity contribution < 1.29 is 9.90 Å². The molecule has 0 radical (unpaired) electrons. The zero-order valence-corrected chi connectivity index (χ0v) is 8.90. The summed E-state index contributed by atoms with van der Waals surface area (Å²) in [5, 5.41) is 13.2. The van der Waals surface area contributed by atoms with E-state index in [4.69, 9.17) is 0 Å². The van der Waals surface area contributed by atoms with Crippen LogP contribution in [0.15, 0.2) is 24.3 Å². The molecule has 2 aromatic rings. The highest BCUT2D eigenvalue weighted by molar-refractivity contribution is 5.99. The molecule has 0 bridgehead atoms. The molecule has 1 aromatic heterocycles. The SMILES string of the molecule is C[C@@H]1CNC(=O)c2cc3cc(O)ccc3n21. The van der Waals surface area contributed by atoms with Crippen LogP contribution in [0, 0.1) is 0 Å². The van der Waals surface area contributed by atoms with Crippen molar-refractivity contribution in [1.82, 2.24) is 9.88 Å². The first-order chi connectivity index (χ1) is 7.66. The summed E-state index contributed by atoms with van der Waals surface area (Å²) >= 11 is 0. The quantitative estimate of drug-likeness (QED) is 0.703. The minimum atomic E-state index is -0.0474. The fourth-order valence-corrected chi connectivity index (χ4v) is 2.30. The van der Waals surface area contributed by atoms with Crippen molar-refractivity contribution in [2.24, 2.45) is 0 Å². The summed E-state index contributed by atoms with van der Waals surface area (Å²) in [7, 11) is 0. The van der Waals surface area contributed by atoms with E-state index in [1.807, 2.05) is 16.7 Å². The number of nitrogens with zero attached hydrogens (tertiary/aromatic N) is 1. The highest BCUT2D eigenvalue weighted by atomic mass is 16.3. The van der Waals surface area contributed by atoms with E-state index in [1.54, 1.807) is 12.1 Å². The van der Waals surface area contributed by atoms with E-state index < -0.39 is 0 Å².